The molecule has 1 aromatic carbocycles. The minimum atomic E-state index is -0.495. The number of rotatable bonds is 2. The van der Waals surface area contributed by atoms with Crippen molar-refractivity contribution in [2.75, 3.05) is 0 Å². The number of ether oxygens (including phenoxy) is 1. The van der Waals surface area contributed by atoms with Crippen LogP contribution in [-0.4, -0.2) is 28.4 Å². The molecule has 0 aliphatic carbocycles. The number of ketones is 1. The summed E-state index contributed by atoms with van der Waals surface area (Å²) in [6, 6.07) is 10.8. The molecular weight excluding hydrogens is 352 g/mol. The quantitative estimate of drug-likeness (QED) is 0.777. The third-order valence-corrected chi connectivity index (χ3v) is 3.48. The molecule has 1 aliphatic heterocycles. The first-order valence-corrected chi connectivity index (χ1v) is 8.13. The molecule has 0 saturated carbocycles. The Balaban J connectivity index is 0.000000202. The molecule has 0 amide bonds. The Bertz CT molecular complexity index is 850. The van der Waals surface area contributed by atoms with Crippen LogP contribution >= 0.6 is 0 Å². The topological polar surface area (TPSA) is 114 Å². The van der Waals surface area contributed by atoms with E-state index >= 15 is 0 Å². The summed E-state index contributed by atoms with van der Waals surface area (Å²) in [4.78, 5) is 31.2. The van der Waals surface area contributed by atoms with Crippen molar-refractivity contribution in [2.24, 2.45) is 0 Å². The van der Waals surface area contributed by atoms with E-state index in [4.69, 9.17) is 14.9 Å². The molecule has 144 valence electrons. The number of allylic oxidation sites excluding steroid dienone is 1. The normalized spacial score (nSPS) is 15.1. The van der Waals surface area contributed by atoms with Crippen LogP contribution in [0.25, 0.3) is 0 Å². The van der Waals surface area contributed by atoms with Gasteiger partial charge < -0.3 is 24.2 Å². The van der Waals surface area contributed by atoms with E-state index in [0.29, 0.717) is 12.2 Å². The molecule has 2 aromatic rings. The van der Waals surface area contributed by atoms with Crippen molar-refractivity contribution in [3.05, 3.63) is 75.7 Å². The highest BCUT2D eigenvalue weighted by Crippen LogP contribution is 2.17. The standard InChI is InChI=1S/C8H8O.C6H6O3.C6H8O3/c9-7-6-8-4-2-1-3-5-8;1-4-6(8)5(7)2-3-9-4;1-3-5(7)6(8)4(2)9-3/h1-5,7H,6H2;2-3,8H,1H3;3,8H,1-2H3. The van der Waals surface area contributed by atoms with Crippen molar-refractivity contribution in [1.82, 2.24) is 0 Å². The van der Waals surface area contributed by atoms with Crippen LogP contribution in [0, 0.1) is 6.92 Å². The van der Waals surface area contributed by atoms with Crippen LogP contribution in [0.4, 0.5) is 0 Å². The van der Waals surface area contributed by atoms with Crippen molar-refractivity contribution in [1.29, 1.82) is 0 Å². The molecule has 0 fully saturated rings. The van der Waals surface area contributed by atoms with Gasteiger partial charge >= 0.3 is 0 Å². The summed E-state index contributed by atoms with van der Waals surface area (Å²) in [5, 5.41) is 17.6. The zero-order valence-corrected chi connectivity index (χ0v) is 15.3. The average Bonchev–Trinajstić information content (AvgIpc) is 2.88. The molecule has 27 heavy (non-hydrogen) atoms. The van der Waals surface area contributed by atoms with Crippen LogP contribution in [0.5, 0.6) is 5.75 Å². The fraction of sp³-hybridized carbons (Fsp3) is 0.250. The van der Waals surface area contributed by atoms with Gasteiger partial charge in [0.05, 0.1) is 6.26 Å². The summed E-state index contributed by atoms with van der Waals surface area (Å²) in [5.41, 5.74) is 0.672. The van der Waals surface area contributed by atoms with Gasteiger partial charge in [-0.25, -0.2) is 0 Å². The molecule has 0 saturated heterocycles. The van der Waals surface area contributed by atoms with Crippen molar-refractivity contribution in [3.63, 3.8) is 0 Å². The largest absolute Gasteiger partial charge is 0.502 e. The number of aliphatic hydroxyl groups is 1. The first-order valence-electron chi connectivity index (χ1n) is 8.13. The number of aldehydes is 1. The summed E-state index contributed by atoms with van der Waals surface area (Å²) in [6.07, 6.45) is 2.19. The number of benzene rings is 1. The maximum absolute atomic E-state index is 10.7. The summed E-state index contributed by atoms with van der Waals surface area (Å²) in [7, 11) is 0. The van der Waals surface area contributed by atoms with E-state index in [1.807, 2.05) is 30.3 Å². The monoisotopic (exact) mass is 374 g/mol. The highest BCUT2D eigenvalue weighted by Gasteiger charge is 2.28. The number of Topliss-reactive ketones (excluding diaryl/α,β-unsaturated/α-hetero) is 1. The molecule has 1 aromatic heterocycles. The minimum Gasteiger partial charge on any atom is -0.502 e. The van der Waals surface area contributed by atoms with E-state index in [9.17, 15) is 14.4 Å². The Kier molecular flexibility index (Phi) is 8.51. The predicted octanol–water partition coefficient (Wildman–Crippen LogP) is 2.85. The Morgan fingerprint density at radius 3 is 2.07 bits per heavy atom. The molecule has 2 N–H and O–H groups in total. The molecular formula is C20H22O7. The molecule has 2 heterocycles. The molecule has 1 aliphatic rings. The van der Waals surface area contributed by atoms with Crippen LogP contribution in [0.1, 0.15) is 25.2 Å². The lowest BCUT2D eigenvalue weighted by molar-refractivity contribution is -0.122. The lowest BCUT2D eigenvalue weighted by Crippen LogP contribution is -2.12. The van der Waals surface area contributed by atoms with Gasteiger partial charge in [0.2, 0.25) is 22.7 Å². The van der Waals surface area contributed by atoms with E-state index in [2.05, 4.69) is 4.42 Å². The molecule has 0 radical (unpaired) electrons. The van der Waals surface area contributed by atoms with Gasteiger partial charge in [0.15, 0.2) is 6.10 Å². The molecule has 7 heteroatoms. The lowest BCUT2D eigenvalue weighted by atomic mass is 10.2. The summed E-state index contributed by atoms with van der Waals surface area (Å²) >= 11 is 0. The molecule has 0 spiro atoms. The van der Waals surface area contributed by atoms with Crippen LogP contribution in [0.2, 0.25) is 0 Å². The van der Waals surface area contributed by atoms with Crippen molar-refractivity contribution >= 4 is 12.1 Å². The molecule has 0 bridgehead atoms. The van der Waals surface area contributed by atoms with E-state index < -0.39 is 11.5 Å². The van der Waals surface area contributed by atoms with Crippen molar-refractivity contribution in [3.8, 4) is 5.75 Å². The van der Waals surface area contributed by atoms with Crippen LogP contribution in [0.15, 0.2) is 63.4 Å². The SMILES string of the molecule is CC1=C(O)C(=O)C(C)O1.Cc1occc(=O)c1O.O=CCc1ccccc1. The minimum absolute atomic E-state index is 0.234. The number of carbonyl (C=O) groups is 2. The average molecular weight is 374 g/mol. The first-order chi connectivity index (χ1) is 12.8. The van der Waals surface area contributed by atoms with Gasteiger partial charge in [-0.1, -0.05) is 30.3 Å². The first kappa shape index (κ1) is 21.7. The van der Waals surface area contributed by atoms with Gasteiger partial charge in [-0.15, -0.1) is 0 Å². The fourth-order valence-electron chi connectivity index (χ4n) is 1.96. The number of aryl methyl sites for hydroxylation is 1. The van der Waals surface area contributed by atoms with Gasteiger partial charge in [-0.3, -0.25) is 9.59 Å². The number of aliphatic hydroxyl groups excluding tert-OH is 1. The zero-order chi connectivity index (χ0) is 20.4. The van der Waals surface area contributed by atoms with Crippen LogP contribution in [-0.2, 0) is 20.7 Å². The molecule has 7 nitrogen and oxygen atoms in total. The van der Waals surface area contributed by atoms with Crippen molar-refractivity contribution in [2.45, 2.75) is 33.3 Å². The number of carbonyl (C=O) groups excluding carboxylic acids is 2. The van der Waals surface area contributed by atoms with Crippen LogP contribution in [0.3, 0.4) is 0 Å². The van der Waals surface area contributed by atoms with Gasteiger partial charge in [0.1, 0.15) is 17.8 Å². The third-order valence-electron chi connectivity index (χ3n) is 3.48. The maximum atomic E-state index is 10.7. The Morgan fingerprint density at radius 1 is 1.07 bits per heavy atom. The fourth-order valence-corrected chi connectivity index (χ4v) is 1.96. The van der Waals surface area contributed by atoms with Gasteiger partial charge in [-0.05, 0) is 26.3 Å². The molecule has 1 unspecified atom stereocenters. The second-order valence-electron chi connectivity index (χ2n) is 5.58. The van der Waals surface area contributed by atoms with Crippen molar-refractivity contribution < 1.29 is 29.0 Å². The Morgan fingerprint density at radius 2 is 1.70 bits per heavy atom. The van der Waals surface area contributed by atoms with Crippen LogP contribution < -0.4 is 5.43 Å². The lowest BCUT2D eigenvalue weighted by Gasteiger charge is -1.99. The third kappa shape index (κ3) is 6.81. The second-order valence-corrected chi connectivity index (χ2v) is 5.58. The molecule has 1 atom stereocenters. The summed E-state index contributed by atoms with van der Waals surface area (Å²) < 4.78 is 9.55. The summed E-state index contributed by atoms with van der Waals surface area (Å²) in [6.45, 7) is 4.70. The maximum Gasteiger partial charge on any atom is 0.240 e. The van der Waals surface area contributed by atoms with E-state index in [0.717, 1.165) is 11.8 Å². The van der Waals surface area contributed by atoms with E-state index in [1.54, 1.807) is 13.8 Å². The molecule has 3 rings (SSSR count). The number of hydrogen-bond donors (Lipinski definition) is 2. The predicted molar refractivity (Wildman–Crippen MR) is 98.5 cm³/mol. The number of aromatic hydroxyl groups is 1. The summed E-state index contributed by atoms with van der Waals surface area (Å²) in [5.74, 6) is -0.289. The van der Waals surface area contributed by atoms with Gasteiger partial charge in [0, 0.05) is 12.5 Å². The highest BCUT2D eigenvalue weighted by molar-refractivity contribution is 5.98. The smallest absolute Gasteiger partial charge is 0.240 e. The zero-order valence-electron chi connectivity index (χ0n) is 15.3. The van der Waals surface area contributed by atoms with Gasteiger partial charge in [-0.2, -0.15) is 0 Å². The Hall–Kier alpha value is -3.35. The van der Waals surface area contributed by atoms with Gasteiger partial charge in [0.25, 0.3) is 0 Å². The van der Waals surface area contributed by atoms with E-state index in [-0.39, 0.29) is 23.1 Å². The van der Waals surface area contributed by atoms with E-state index in [1.165, 1.54) is 19.3 Å². The number of hydrogen-bond acceptors (Lipinski definition) is 7. The Labute approximate surface area is 156 Å². The second kappa shape index (κ2) is 10.6. The highest BCUT2D eigenvalue weighted by atomic mass is 16.5.